The first-order valence-electron chi connectivity index (χ1n) is 14.7. The van der Waals surface area contributed by atoms with E-state index in [1.807, 2.05) is 6.07 Å². The van der Waals surface area contributed by atoms with Crippen molar-refractivity contribution in [3.8, 4) is 22.9 Å². The highest BCUT2D eigenvalue weighted by molar-refractivity contribution is 6.39. The number of nitrogens with zero attached hydrogens (tertiary/aromatic N) is 1. The molecule has 0 unspecified atom stereocenters. The third-order valence-electron chi connectivity index (χ3n) is 7.87. The summed E-state index contributed by atoms with van der Waals surface area (Å²) in [5, 5.41) is 14.1. The lowest BCUT2D eigenvalue weighted by Gasteiger charge is -2.26. The van der Waals surface area contributed by atoms with Gasteiger partial charge in [0.05, 0.1) is 35.4 Å². The average Bonchev–Trinajstić information content (AvgIpc) is 3.06. The fraction of sp³-hybridized carbons (Fsp3) is 0.229. The molecule has 49 heavy (non-hydrogen) atoms. The highest BCUT2D eigenvalue weighted by Crippen LogP contribution is 2.45. The van der Waals surface area contributed by atoms with Crippen LogP contribution in [0.1, 0.15) is 45.1 Å². The molecule has 2 N–H and O–H groups in total. The van der Waals surface area contributed by atoms with Gasteiger partial charge in [0.1, 0.15) is 35.0 Å². The number of amides is 1. The van der Waals surface area contributed by atoms with Gasteiger partial charge in [0.2, 0.25) is 0 Å². The van der Waals surface area contributed by atoms with E-state index in [2.05, 4.69) is 10.6 Å². The average molecular weight is 719 g/mol. The summed E-state index contributed by atoms with van der Waals surface area (Å²) >= 11 is 13.0. The minimum absolute atomic E-state index is 0.174. The number of benzene rings is 4. The Morgan fingerprint density at radius 1 is 1.02 bits per heavy atom. The predicted octanol–water partition coefficient (Wildman–Crippen LogP) is 8.36. The number of ether oxygens (including phenoxy) is 2. The number of anilines is 1. The number of carbonyl (C=O) groups excluding carboxylic acids is 2. The van der Waals surface area contributed by atoms with Gasteiger partial charge in [-0.2, -0.15) is 18.4 Å². The number of hydrogen-bond acceptors (Lipinski definition) is 6. The quantitative estimate of drug-likeness (QED) is 0.133. The Hall–Kier alpha value is -4.86. The fourth-order valence-electron chi connectivity index (χ4n) is 5.64. The van der Waals surface area contributed by atoms with E-state index in [9.17, 15) is 28.0 Å². The Labute approximate surface area is 287 Å². The van der Waals surface area contributed by atoms with Crippen molar-refractivity contribution in [1.29, 1.82) is 5.26 Å². The molecule has 0 spiro atoms. The Kier molecular flexibility index (Phi) is 10.6. The molecule has 0 saturated heterocycles. The van der Waals surface area contributed by atoms with E-state index in [-0.39, 0.29) is 27.6 Å². The number of nitriles is 1. The van der Waals surface area contributed by atoms with E-state index in [0.717, 1.165) is 7.11 Å². The van der Waals surface area contributed by atoms with Crippen LogP contribution in [0.5, 0.6) is 5.75 Å². The van der Waals surface area contributed by atoms with Crippen LogP contribution in [0.2, 0.25) is 10.0 Å². The maximum Gasteiger partial charge on any atom is 0.412 e. The van der Waals surface area contributed by atoms with Gasteiger partial charge in [-0.15, -0.1) is 0 Å². The molecule has 4 aromatic carbocycles. The highest BCUT2D eigenvalue weighted by atomic mass is 35.5. The molecule has 1 amide bonds. The zero-order valence-electron chi connectivity index (χ0n) is 25.6. The molecule has 0 fully saturated rings. The van der Waals surface area contributed by atoms with E-state index in [4.69, 9.17) is 32.7 Å². The summed E-state index contributed by atoms with van der Waals surface area (Å²) < 4.78 is 82.8. The van der Waals surface area contributed by atoms with Crippen molar-refractivity contribution in [3.63, 3.8) is 0 Å². The smallest absolute Gasteiger partial charge is 0.412 e. The monoisotopic (exact) mass is 717 g/mol. The fourth-order valence-corrected chi connectivity index (χ4v) is 6.33. The summed E-state index contributed by atoms with van der Waals surface area (Å²) in [7, 11) is 1.07. The molecule has 0 bridgehead atoms. The molecule has 1 aliphatic rings. The SMILES string of the molecule is COC(=O)[C@H](Cc1ccc(-c2c(Cl)cc(C#N)cc2Cl)c2c1CCCO2)NC(=O)c1c(F)cc(N[C@H](c2ccccc2)C(F)(F)F)cc1F. The Balaban J connectivity index is 1.42. The first-order valence-corrected chi connectivity index (χ1v) is 15.5. The summed E-state index contributed by atoms with van der Waals surface area (Å²) in [4.78, 5) is 26.0. The zero-order chi connectivity index (χ0) is 35.5. The summed E-state index contributed by atoms with van der Waals surface area (Å²) in [5.74, 6) is -4.73. The van der Waals surface area contributed by atoms with Gasteiger partial charge in [0, 0.05) is 23.2 Å². The van der Waals surface area contributed by atoms with Crippen molar-refractivity contribution < 1.29 is 41.0 Å². The van der Waals surface area contributed by atoms with Crippen molar-refractivity contribution in [2.24, 2.45) is 0 Å². The largest absolute Gasteiger partial charge is 0.493 e. The van der Waals surface area contributed by atoms with Crippen LogP contribution in [0, 0.1) is 23.0 Å². The maximum atomic E-state index is 15.2. The number of methoxy groups -OCH3 is 1. The molecule has 0 radical (unpaired) electrons. The van der Waals surface area contributed by atoms with Gasteiger partial charge in [0.15, 0.2) is 0 Å². The minimum Gasteiger partial charge on any atom is -0.493 e. The molecule has 7 nitrogen and oxygen atoms in total. The molecule has 14 heteroatoms. The lowest BCUT2D eigenvalue weighted by atomic mass is 9.90. The van der Waals surface area contributed by atoms with Gasteiger partial charge in [-0.05, 0) is 53.8 Å². The summed E-state index contributed by atoms with van der Waals surface area (Å²) in [6.07, 6.45) is -3.87. The molecular formula is C35H26Cl2F5N3O4. The third-order valence-corrected chi connectivity index (χ3v) is 8.47. The molecule has 5 rings (SSSR count). The number of halogens is 7. The molecule has 2 atom stereocenters. The van der Waals surface area contributed by atoms with E-state index in [1.54, 1.807) is 12.1 Å². The lowest BCUT2D eigenvalue weighted by molar-refractivity contribution is -0.144. The number of rotatable bonds is 9. The van der Waals surface area contributed by atoms with Gasteiger partial charge in [-0.3, -0.25) is 4.79 Å². The van der Waals surface area contributed by atoms with Crippen LogP contribution in [0.3, 0.4) is 0 Å². The second kappa shape index (κ2) is 14.7. The van der Waals surface area contributed by atoms with Crippen LogP contribution in [0.15, 0.2) is 66.7 Å². The second-order valence-corrected chi connectivity index (χ2v) is 11.9. The molecule has 1 heterocycles. The Morgan fingerprint density at radius 2 is 1.67 bits per heavy atom. The molecule has 0 saturated carbocycles. The number of nitrogens with one attached hydrogen (secondary N) is 2. The van der Waals surface area contributed by atoms with E-state index in [0.29, 0.717) is 59.6 Å². The van der Waals surface area contributed by atoms with Crippen LogP contribution >= 0.6 is 23.2 Å². The van der Waals surface area contributed by atoms with Crippen molar-refractivity contribution in [3.05, 3.63) is 116 Å². The van der Waals surface area contributed by atoms with E-state index < -0.39 is 53.0 Å². The van der Waals surface area contributed by atoms with Gasteiger partial charge in [-0.25, -0.2) is 13.6 Å². The van der Waals surface area contributed by atoms with E-state index >= 15 is 8.78 Å². The summed E-state index contributed by atoms with van der Waals surface area (Å²) in [6, 6.07) is 12.4. The first-order chi connectivity index (χ1) is 23.3. The third kappa shape index (κ3) is 7.74. The van der Waals surface area contributed by atoms with Crippen molar-refractivity contribution >= 4 is 40.8 Å². The zero-order valence-corrected chi connectivity index (χ0v) is 27.1. The molecule has 254 valence electrons. The van der Waals surface area contributed by atoms with Crippen LogP contribution in [0.25, 0.3) is 11.1 Å². The summed E-state index contributed by atoms with van der Waals surface area (Å²) in [6.45, 7) is 0.366. The summed E-state index contributed by atoms with van der Waals surface area (Å²) in [5.41, 5.74) is 0.600. The maximum absolute atomic E-state index is 15.2. The lowest BCUT2D eigenvalue weighted by Crippen LogP contribution is -2.43. The normalized spacial score (nSPS) is 13.7. The van der Waals surface area contributed by atoms with Crippen LogP contribution in [-0.4, -0.2) is 37.8 Å². The van der Waals surface area contributed by atoms with Gasteiger partial charge in [0.25, 0.3) is 5.91 Å². The highest BCUT2D eigenvalue weighted by Gasteiger charge is 2.41. The Bertz CT molecular complexity index is 1900. The van der Waals surface area contributed by atoms with Crippen LogP contribution in [-0.2, 0) is 22.4 Å². The number of fused-ring (bicyclic) bond motifs is 1. The molecular weight excluding hydrogens is 692 g/mol. The van der Waals surface area contributed by atoms with Gasteiger partial charge >= 0.3 is 12.1 Å². The standard InChI is InChI=1S/C35H26Cl2F5N3O4/c1-48-34(47)28(14-20-9-10-23(31-22(20)8-5-11-49-31)29-24(36)12-18(17-43)13-25(29)37)45-33(46)30-26(38)15-21(16-27(30)39)44-32(35(40,41)42)19-6-3-2-4-7-19/h2-4,6-7,9-10,12-13,15-16,28,32,44H,5,8,11,14H2,1H3,(H,45,46)/t28-,32+/m0/s1. The molecule has 1 aliphatic heterocycles. The number of esters is 1. The number of alkyl halides is 3. The number of carbonyl (C=O) groups is 2. The van der Waals surface area contributed by atoms with E-state index in [1.165, 1.54) is 42.5 Å². The first kappa shape index (κ1) is 35.4. The van der Waals surface area contributed by atoms with Crippen molar-refractivity contribution in [2.75, 3.05) is 19.0 Å². The second-order valence-electron chi connectivity index (χ2n) is 11.1. The van der Waals surface area contributed by atoms with Crippen LogP contribution < -0.4 is 15.4 Å². The molecule has 0 aliphatic carbocycles. The topological polar surface area (TPSA) is 100 Å². The number of hydrogen-bond donors (Lipinski definition) is 2. The van der Waals surface area contributed by atoms with Crippen LogP contribution in [0.4, 0.5) is 27.6 Å². The minimum atomic E-state index is -4.82. The molecule has 4 aromatic rings. The predicted molar refractivity (Wildman–Crippen MR) is 173 cm³/mol. The van der Waals surface area contributed by atoms with Crippen molar-refractivity contribution in [2.45, 2.75) is 37.5 Å². The molecule has 0 aromatic heterocycles. The van der Waals surface area contributed by atoms with Gasteiger partial charge in [-0.1, -0.05) is 65.7 Å². The Morgan fingerprint density at radius 3 is 2.27 bits per heavy atom. The van der Waals surface area contributed by atoms with Gasteiger partial charge < -0.3 is 20.1 Å². The van der Waals surface area contributed by atoms with Crippen molar-refractivity contribution in [1.82, 2.24) is 5.32 Å².